The van der Waals surface area contributed by atoms with Gasteiger partial charge in [0, 0.05) is 13.1 Å². The maximum absolute atomic E-state index is 12.0. The molecule has 0 aromatic rings. The quantitative estimate of drug-likeness (QED) is 0.712. The first kappa shape index (κ1) is 16.9. The topological polar surface area (TPSA) is 104 Å². The third kappa shape index (κ3) is 4.17. The predicted molar refractivity (Wildman–Crippen MR) is 73.5 cm³/mol. The van der Waals surface area contributed by atoms with Crippen molar-refractivity contribution in [3.05, 3.63) is 0 Å². The lowest BCUT2D eigenvalue weighted by Crippen LogP contribution is -2.47. The number of carbonyl (C=O) groups excluding carboxylic acids is 1. The summed E-state index contributed by atoms with van der Waals surface area (Å²) in [7, 11) is -3.41. The highest BCUT2D eigenvalue weighted by Gasteiger charge is 2.36. The molecule has 20 heavy (non-hydrogen) atoms. The van der Waals surface area contributed by atoms with E-state index in [0.717, 1.165) is 6.26 Å². The van der Waals surface area contributed by atoms with Gasteiger partial charge in [0.25, 0.3) is 0 Å². The molecule has 7 nitrogen and oxygen atoms in total. The second-order valence-electron chi connectivity index (χ2n) is 5.47. The van der Waals surface area contributed by atoms with E-state index in [2.05, 4.69) is 5.32 Å². The average Bonchev–Trinajstić information content (AvgIpc) is 2.76. The van der Waals surface area contributed by atoms with Crippen molar-refractivity contribution >= 4 is 21.9 Å². The molecule has 1 saturated heterocycles. The van der Waals surface area contributed by atoms with Gasteiger partial charge in [-0.2, -0.15) is 4.31 Å². The number of rotatable bonds is 6. The molecule has 2 N–H and O–H groups in total. The van der Waals surface area contributed by atoms with E-state index in [4.69, 9.17) is 5.11 Å². The Balaban J connectivity index is 2.65. The number of carboxylic acid groups (broad SMARTS) is 1. The van der Waals surface area contributed by atoms with Gasteiger partial charge in [-0.3, -0.25) is 9.59 Å². The van der Waals surface area contributed by atoms with Crippen LogP contribution in [-0.4, -0.2) is 55.1 Å². The number of nitrogens with zero attached hydrogens (tertiary/aromatic N) is 1. The van der Waals surface area contributed by atoms with Crippen LogP contribution < -0.4 is 5.32 Å². The van der Waals surface area contributed by atoms with Gasteiger partial charge in [0.05, 0.1) is 12.2 Å². The molecule has 1 amide bonds. The Labute approximate surface area is 119 Å². The molecule has 0 saturated carbocycles. The Morgan fingerprint density at radius 2 is 2.00 bits per heavy atom. The monoisotopic (exact) mass is 306 g/mol. The molecule has 0 spiro atoms. The zero-order valence-corrected chi connectivity index (χ0v) is 12.8. The molecule has 1 aliphatic heterocycles. The zero-order chi connectivity index (χ0) is 15.5. The van der Waals surface area contributed by atoms with Crippen molar-refractivity contribution in [2.75, 3.05) is 19.3 Å². The third-order valence-electron chi connectivity index (χ3n) is 3.55. The number of carboxylic acids is 1. The summed E-state index contributed by atoms with van der Waals surface area (Å²) < 4.78 is 24.3. The Kier molecular flexibility index (Phi) is 5.52. The van der Waals surface area contributed by atoms with E-state index in [-0.39, 0.29) is 12.5 Å². The predicted octanol–water partition coefficient (Wildman–Crippen LogP) is -0.117. The van der Waals surface area contributed by atoms with Gasteiger partial charge in [-0.05, 0) is 18.8 Å². The van der Waals surface area contributed by atoms with E-state index in [1.807, 2.05) is 0 Å². The van der Waals surface area contributed by atoms with Crippen LogP contribution in [0.3, 0.4) is 0 Å². The van der Waals surface area contributed by atoms with Gasteiger partial charge in [-0.1, -0.05) is 13.8 Å². The first-order valence-electron chi connectivity index (χ1n) is 6.62. The second-order valence-corrected chi connectivity index (χ2v) is 7.40. The van der Waals surface area contributed by atoms with E-state index in [1.165, 1.54) is 4.31 Å². The minimum Gasteiger partial charge on any atom is -0.481 e. The molecular formula is C12H22N2O5S. The van der Waals surface area contributed by atoms with Gasteiger partial charge in [-0.15, -0.1) is 0 Å². The molecule has 0 radical (unpaired) electrons. The van der Waals surface area contributed by atoms with E-state index in [0.29, 0.717) is 19.4 Å². The molecule has 0 aromatic carbocycles. The van der Waals surface area contributed by atoms with E-state index >= 15 is 0 Å². The Morgan fingerprint density at radius 1 is 1.40 bits per heavy atom. The molecule has 2 atom stereocenters. The van der Waals surface area contributed by atoms with Gasteiger partial charge in [0.15, 0.2) is 0 Å². The first-order valence-corrected chi connectivity index (χ1v) is 8.46. The standard InChI is InChI=1S/C12H22N2O5S/c1-8(2)9(12(16)17)7-13-11(15)10-5-4-6-14(10)20(3,18)19/h8-10H,4-7H2,1-3H3,(H,13,15)(H,16,17). The highest BCUT2D eigenvalue weighted by Crippen LogP contribution is 2.20. The smallest absolute Gasteiger partial charge is 0.308 e. The number of amides is 1. The maximum atomic E-state index is 12.0. The summed E-state index contributed by atoms with van der Waals surface area (Å²) in [6.07, 6.45) is 2.18. The summed E-state index contributed by atoms with van der Waals surface area (Å²) in [5.74, 6) is -2.17. The van der Waals surface area contributed by atoms with Gasteiger partial charge in [0.1, 0.15) is 6.04 Å². The van der Waals surface area contributed by atoms with Crippen LogP contribution in [0.15, 0.2) is 0 Å². The van der Waals surface area contributed by atoms with E-state index in [1.54, 1.807) is 13.8 Å². The van der Waals surface area contributed by atoms with Gasteiger partial charge in [-0.25, -0.2) is 8.42 Å². The fraction of sp³-hybridized carbons (Fsp3) is 0.833. The number of hydrogen-bond donors (Lipinski definition) is 2. The van der Waals surface area contributed by atoms with Crippen LogP contribution in [0.4, 0.5) is 0 Å². The number of carbonyl (C=O) groups is 2. The highest BCUT2D eigenvalue weighted by molar-refractivity contribution is 7.88. The molecule has 1 aliphatic rings. The average molecular weight is 306 g/mol. The molecule has 0 bridgehead atoms. The first-order chi connectivity index (χ1) is 9.14. The number of sulfonamides is 1. The lowest BCUT2D eigenvalue weighted by molar-refractivity contribution is -0.143. The largest absolute Gasteiger partial charge is 0.481 e. The molecule has 2 unspecified atom stereocenters. The van der Waals surface area contributed by atoms with Crippen LogP contribution in [0, 0.1) is 11.8 Å². The van der Waals surface area contributed by atoms with Crippen molar-refractivity contribution in [3.63, 3.8) is 0 Å². The second kappa shape index (κ2) is 6.53. The van der Waals surface area contributed by atoms with Crippen LogP contribution in [0.1, 0.15) is 26.7 Å². The normalized spacial score (nSPS) is 21.9. The van der Waals surface area contributed by atoms with Crippen molar-refractivity contribution in [2.24, 2.45) is 11.8 Å². The molecular weight excluding hydrogens is 284 g/mol. The minimum absolute atomic E-state index is 0.0138. The van der Waals surface area contributed by atoms with E-state index < -0.39 is 33.9 Å². The molecule has 8 heteroatoms. The zero-order valence-electron chi connectivity index (χ0n) is 12.0. The summed E-state index contributed by atoms with van der Waals surface area (Å²) in [6, 6.07) is -0.716. The van der Waals surface area contributed by atoms with Crippen LogP contribution in [0.25, 0.3) is 0 Å². The van der Waals surface area contributed by atoms with Gasteiger partial charge >= 0.3 is 5.97 Å². The molecule has 1 fully saturated rings. The lowest BCUT2D eigenvalue weighted by Gasteiger charge is -2.23. The molecule has 116 valence electrons. The van der Waals surface area contributed by atoms with Crippen LogP contribution in [0.2, 0.25) is 0 Å². The summed E-state index contributed by atoms with van der Waals surface area (Å²) in [5.41, 5.74) is 0. The summed E-state index contributed by atoms with van der Waals surface area (Å²) in [4.78, 5) is 23.1. The van der Waals surface area contributed by atoms with Crippen LogP contribution in [0.5, 0.6) is 0 Å². The molecule has 1 rings (SSSR count). The fourth-order valence-corrected chi connectivity index (χ4v) is 3.46. The van der Waals surface area contributed by atoms with E-state index in [9.17, 15) is 18.0 Å². The Hall–Kier alpha value is -1.15. The SMILES string of the molecule is CC(C)C(CNC(=O)C1CCCN1S(C)(=O)=O)C(=O)O. The summed E-state index contributed by atoms with van der Waals surface area (Å²) >= 11 is 0. The van der Waals surface area contributed by atoms with Crippen molar-refractivity contribution in [3.8, 4) is 0 Å². The Bertz CT molecular complexity index is 474. The maximum Gasteiger partial charge on any atom is 0.308 e. The summed E-state index contributed by atoms with van der Waals surface area (Å²) in [5, 5.41) is 11.6. The van der Waals surface area contributed by atoms with Gasteiger partial charge in [0.2, 0.25) is 15.9 Å². The molecule has 0 aliphatic carbocycles. The summed E-state index contributed by atoms with van der Waals surface area (Å²) in [6.45, 7) is 3.88. The third-order valence-corrected chi connectivity index (χ3v) is 4.84. The van der Waals surface area contributed by atoms with Crippen molar-refractivity contribution in [2.45, 2.75) is 32.7 Å². The van der Waals surface area contributed by atoms with Gasteiger partial charge < -0.3 is 10.4 Å². The van der Waals surface area contributed by atoms with Crippen LogP contribution in [-0.2, 0) is 19.6 Å². The van der Waals surface area contributed by atoms with Crippen molar-refractivity contribution in [1.29, 1.82) is 0 Å². The molecule has 1 heterocycles. The van der Waals surface area contributed by atoms with Crippen LogP contribution >= 0.6 is 0 Å². The fourth-order valence-electron chi connectivity index (χ4n) is 2.34. The molecule has 0 aromatic heterocycles. The van der Waals surface area contributed by atoms with Crippen molar-refractivity contribution < 1.29 is 23.1 Å². The number of hydrogen-bond acceptors (Lipinski definition) is 4. The highest BCUT2D eigenvalue weighted by atomic mass is 32.2. The number of aliphatic carboxylic acids is 1. The Morgan fingerprint density at radius 3 is 2.45 bits per heavy atom. The number of nitrogens with one attached hydrogen (secondary N) is 1. The van der Waals surface area contributed by atoms with Crippen molar-refractivity contribution in [1.82, 2.24) is 9.62 Å². The minimum atomic E-state index is -3.41. The lowest BCUT2D eigenvalue weighted by atomic mass is 9.96.